The van der Waals surface area contributed by atoms with Crippen LogP contribution in [0.4, 0.5) is 0 Å². The molecule has 6 heteroatoms. The summed E-state index contributed by atoms with van der Waals surface area (Å²) >= 11 is 8.63. The van der Waals surface area contributed by atoms with Crippen molar-refractivity contribution in [2.45, 2.75) is 0 Å². The van der Waals surface area contributed by atoms with E-state index in [1.54, 1.807) is 12.1 Å². The smallest absolute Gasteiger partial charge is 0.270 e. The first kappa shape index (κ1) is 8.65. The molecule has 0 atom stereocenters. The van der Waals surface area contributed by atoms with Crippen LogP contribution < -0.4 is 0 Å². The SMILES string of the molecule is O=C(Cl)c1ccc(Br)c2ncnn12. The Kier molecular flexibility index (Phi) is 2.05. The number of fused-ring (bicyclic) bond motifs is 1. The molecular formula is C7H3BrClN3O. The van der Waals surface area contributed by atoms with Crippen molar-refractivity contribution in [3.63, 3.8) is 0 Å². The van der Waals surface area contributed by atoms with Crippen molar-refractivity contribution in [2.24, 2.45) is 0 Å². The third-order valence-corrected chi connectivity index (χ3v) is 2.39. The van der Waals surface area contributed by atoms with Gasteiger partial charge in [-0.15, -0.1) is 0 Å². The fourth-order valence-corrected chi connectivity index (χ4v) is 1.57. The number of nitrogens with zero attached hydrogens (tertiary/aromatic N) is 3. The molecule has 0 aliphatic carbocycles. The normalized spacial score (nSPS) is 10.6. The van der Waals surface area contributed by atoms with E-state index in [9.17, 15) is 4.79 Å². The second-order valence-electron chi connectivity index (χ2n) is 2.34. The van der Waals surface area contributed by atoms with Gasteiger partial charge in [-0.05, 0) is 39.7 Å². The van der Waals surface area contributed by atoms with Gasteiger partial charge in [-0.2, -0.15) is 5.10 Å². The van der Waals surface area contributed by atoms with Gasteiger partial charge in [-0.25, -0.2) is 9.50 Å². The third kappa shape index (κ3) is 1.34. The molecule has 0 aromatic carbocycles. The molecule has 0 saturated carbocycles. The predicted molar refractivity (Wildman–Crippen MR) is 50.9 cm³/mol. The Balaban J connectivity index is 2.86. The average molecular weight is 260 g/mol. The van der Waals surface area contributed by atoms with Crippen LogP contribution in [-0.4, -0.2) is 19.8 Å². The molecule has 0 saturated heterocycles. The van der Waals surface area contributed by atoms with Crippen LogP contribution in [0.5, 0.6) is 0 Å². The van der Waals surface area contributed by atoms with Crippen LogP contribution in [0.2, 0.25) is 0 Å². The highest BCUT2D eigenvalue weighted by atomic mass is 79.9. The molecule has 2 heterocycles. The monoisotopic (exact) mass is 259 g/mol. The van der Waals surface area contributed by atoms with Gasteiger partial charge in [-0.1, -0.05) is 0 Å². The number of hydrogen-bond acceptors (Lipinski definition) is 3. The Labute approximate surface area is 86.7 Å². The summed E-state index contributed by atoms with van der Waals surface area (Å²) < 4.78 is 2.16. The van der Waals surface area contributed by atoms with Gasteiger partial charge in [0.25, 0.3) is 5.24 Å². The summed E-state index contributed by atoms with van der Waals surface area (Å²) in [4.78, 5) is 14.9. The standard InChI is InChI=1S/C7H3BrClN3O/c8-4-1-2-5(6(9)13)12-7(4)10-3-11-12/h1-3H. The first-order chi connectivity index (χ1) is 6.20. The Morgan fingerprint density at radius 1 is 1.54 bits per heavy atom. The molecule has 2 rings (SSSR count). The number of carbonyl (C=O) groups is 1. The lowest BCUT2D eigenvalue weighted by Gasteiger charge is -1.98. The van der Waals surface area contributed by atoms with E-state index in [4.69, 9.17) is 11.6 Å². The Morgan fingerprint density at radius 2 is 2.31 bits per heavy atom. The molecule has 0 spiro atoms. The number of hydrogen-bond donors (Lipinski definition) is 0. The van der Waals surface area contributed by atoms with Crippen LogP contribution in [0.15, 0.2) is 22.9 Å². The van der Waals surface area contributed by atoms with E-state index in [0.29, 0.717) is 11.3 Å². The van der Waals surface area contributed by atoms with Gasteiger partial charge in [0.15, 0.2) is 5.65 Å². The zero-order valence-electron chi connectivity index (χ0n) is 6.24. The van der Waals surface area contributed by atoms with Gasteiger partial charge in [0.05, 0.1) is 4.47 Å². The maximum absolute atomic E-state index is 10.9. The van der Waals surface area contributed by atoms with Crippen LogP contribution >= 0.6 is 27.5 Å². The maximum Gasteiger partial charge on any atom is 0.270 e. The molecule has 13 heavy (non-hydrogen) atoms. The minimum Gasteiger partial charge on any atom is -0.274 e. The van der Waals surface area contributed by atoms with E-state index < -0.39 is 5.24 Å². The molecule has 0 N–H and O–H groups in total. The van der Waals surface area contributed by atoms with E-state index in [1.165, 1.54) is 10.8 Å². The first-order valence-corrected chi connectivity index (χ1v) is 4.55. The van der Waals surface area contributed by atoms with Gasteiger partial charge in [-0.3, -0.25) is 4.79 Å². The van der Waals surface area contributed by atoms with Crippen LogP contribution in [0.1, 0.15) is 10.5 Å². The molecular weight excluding hydrogens is 257 g/mol. The topological polar surface area (TPSA) is 47.3 Å². The Bertz CT molecular complexity index is 482. The minimum absolute atomic E-state index is 0.303. The first-order valence-electron chi connectivity index (χ1n) is 3.38. The summed E-state index contributed by atoms with van der Waals surface area (Å²) in [6.07, 6.45) is 1.36. The van der Waals surface area contributed by atoms with E-state index in [2.05, 4.69) is 26.0 Å². The molecule has 0 amide bonds. The largest absolute Gasteiger partial charge is 0.274 e. The second-order valence-corrected chi connectivity index (χ2v) is 3.53. The lowest BCUT2D eigenvalue weighted by Crippen LogP contribution is -2.01. The van der Waals surface area contributed by atoms with Gasteiger partial charge < -0.3 is 0 Å². The van der Waals surface area contributed by atoms with Crippen LogP contribution in [-0.2, 0) is 0 Å². The molecule has 0 fully saturated rings. The summed E-state index contributed by atoms with van der Waals surface area (Å²) in [5, 5.41) is 3.32. The van der Waals surface area contributed by atoms with E-state index in [0.717, 1.165) is 4.47 Å². The highest BCUT2D eigenvalue weighted by Crippen LogP contribution is 2.17. The molecule has 0 bridgehead atoms. The third-order valence-electron chi connectivity index (χ3n) is 1.58. The van der Waals surface area contributed by atoms with Crippen molar-refractivity contribution in [1.82, 2.24) is 14.6 Å². The highest BCUT2D eigenvalue weighted by molar-refractivity contribution is 9.10. The summed E-state index contributed by atoms with van der Waals surface area (Å²) in [6, 6.07) is 3.29. The summed E-state index contributed by atoms with van der Waals surface area (Å²) in [6.45, 7) is 0. The van der Waals surface area contributed by atoms with Crippen molar-refractivity contribution < 1.29 is 4.79 Å². The van der Waals surface area contributed by atoms with Crippen molar-refractivity contribution in [2.75, 3.05) is 0 Å². The summed E-state index contributed by atoms with van der Waals surface area (Å²) in [5.41, 5.74) is 0.879. The minimum atomic E-state index is -0.553. The molecule has 0 unspecified atom stereocenters. The van der Waals surface area contributed by atoms with Gasteiger partial charge in [0.2, 0.25) is 0 Å². The Hall–Kier alpha value is -0.940. The number of aromatic nitrogens is 3. The van der Waals surface area contributed by atoms with Crippen molar-refractivity contribution >= 4 is 38.4 Å². The lowest BCUT2D eigenvalue weighted by molar-refractivity contribution is 0.107. The Morgan fingerprint density at radius 3 is 3.00 bits per heavy atom. The number of carbonyl (C=O) groups excluding carboxylic acids is 1. The van der Waals surface area contributed by atoms with E-state index in [1.807, 2.05) is 0 Å². The molecule has 0 radical (unpaired) electrons. The van der Waals surface area contributed by atoms with E-state index >= 15 is 0 Å². The maximum atomic E-state index is 10.9. The fraction of sp³-hybridized carbons (Fsp3) is 0. The molecule has 0 aliphatic rings. The van der Waals surface area contributed by atoms with Crippen LogP contribution in [0.3, 0.4) is 0 Å². The van der Waals surface area contributed by atoms with Crippen molar-refractivity contribution in [1.29, 1.82) is 0 Å². The molecule has 0 aliphatic heterocycles. The molecule has 2 aromatic heterocycles. The number of halogens is 2. The van der Waals surface area contributed by atoms with Crippen LogP contribution in [0.25, 0.3) is 5.65 Å². The molecule has 66 valence electrons. The van der Waals surface area contributed by atoms with Crippen molar-refractivity contribution in [3.8, 4) is 0 Å². The van der Waals surface area contributed by atoms with Gasteiger partial charge in [0.1, 0.15) is 12.0 Å². The predicted octanol–water partition coefficient (Wildman–Crippen LogP) is 1.87. The lowest BCUT2D eigenvalue weighted by atomic mass is 10.4. The van der Waals surface area contributed by atoms with Crippen LogP contribution in [0, 0.1) is 0 Å². The molecule has 2 aromatic rings. The summed E-state index contributed by atoms with van der Waals surface area (Å²) in [5.74, 6) is 0. The highest BCUT2D eigenvalue weighted by Gasteiger charge is 2.10. The number of pyridine rings is 1. The molecule has 4 nitrogen and oxygen atoms in total. The number of rotatable bonds is 1. The zero-order valence-corrected chi connectivity index (χ0v) is 8.58. The van der Waals surface area contributed by atoms with E-state index in [-0.39, 0.29) is 0 Å². The van der Waals surface area contributed by atoms with Gasteiger partial charge >= 0.3 is 0 Å². The average Bonchev–Trinajstić information content (AvgIpc) is 2.53. The zero-order chi connectivity index (χ0) is 9.42. The quantitative estimate of drug-likeness (QED) is 0.736. The summed E-state index contributed by atoms with van der Waals surface area (Å²) in [7, 11) is 0. The fourth-order valence-electron chi connectivity index (χ4n) is 1.03. The van der Waals surface area contributed by atoms with Crippen molar-refractivity contribution in [3.05, 3.63) is 28.6 Å². The van der Waals surface area contributed by atoms with Gasteiger partial charge in [0, 0.05) is 0 Å². The second kappa shape index (κ2) is 3.08.